The van der Waals surface area contributed by atoms with Crippen molar-refractivity contribution in [2.24, 2.45) is 7.05 Å². The van der Waals surface area contributed by atoms with E-state index in [0.29, 0.717) is 12.1 Å². The van der Waals surface area contributed by atoms with Gasteiger partial charge in [-0.05, 0) is 19.8 Å². The van der Waals surface area contributed by atoms with Crippen molar-refractivity contribution < 1.29 is 0 Å². The van der Waals surface area contributed by atoms with Gasteiger partial charge < -0.3 is 5.32 Å². The molecule has 1 saturated carbocycles. The van der Waals surface area contributed by atoms with Crippen molar-refractivity contribution >= 4 is 0 Å². The quantitative estimate of drug-likeness (QED) is 0.825. The number of nitrogens with zero attached hydrogens (tertiary/aromatic N) is 2. The summed E-state index contributed by atoms with van der Waals surface area (Å²) >= 11 is 0. The Bertz CT molecular complexity index is 300. The van der Waals surface area contributed by atoms with Crippen LogP contribution in [0.5, 0.6) is 0 Å². The number of hydrogen-bond acceptors (Lipinski definition) is 2. The monoisotopic (exact) mass is 207 g/mol. The van der Waals surface area contributed by atoms with E-state index in [1.54, 1.807) is 0 Å². The van der Waals surface area contributed by atoms with Crippen molar-refractivity contribution in [2.45, 2.75) is 51.1 Å². The van der Waals surface area contributed by atoms with Crippen LogP contribution in [0.15, 0.2) is 12.4 Å². The Morgan fingerprint density at radius 3 is 2.73 bits per heavy atom. The summed E-state index contributed by atoms with van der Waals surface area (Å²) < 4.78 is 1.87. The van der Waals surface area contributed by atoms with E-state index in [1.165, 1.54) is 37.7 Å². The highest BCUT2D eigenvalue weighted by atomic mass is 15.2. The van der Waals surface area contributed by atoms with Crippen LogP contribution < -0.4 is 5.32 Å². The molecule has 1 atom stereocenters. The highest BCUT2D eigenvalue weighted by Crippen LogP contribution is 2.21. The Morgan fingerprint density at radius 1 is 1.40 bits per heavy atom. The van der Waals surface area contributed by atoms with Crippen LogP contribution in [-0.4, -0.2) is 15.8 Å². The topological polar surface area (TPSA) is 29.9 Å². The molecule has 2 rings (SSSR count). The molecule has 1 aromatic heterocycles. The van der Waals surface area contributed by atoms with Crippen molar-refractivity contribution in [3.8, 4) is 0 Å². The first-order chi connectivity index (χ1) is 7.25. The molecule has 0 bridgehead atoms. The van der Waals surface area contributed by atoms with E-state index in [4.69, 9.17) is 0 Å². The maximum atomic E-state index is 4.21. The third-order valence-corrected chi connectivity index (χ3v) is 3.32. The van der Waals surface area contributed by atoms with E-state index in [-0.39, 0.29) is 0 Å². The number of aromatic nitrogens is 2. The molecule has 1 aliphatic carbocycles. The van der Waals surface area contributed by atoms with Gasteiger partial charge >= 0.3 is 0 Å². The van der Waals surface area contributed by atoms with Gasteiger partial charge in [0.1, 0.15) is 0 Å². The maximum Gasteiger partial charge on any atom is 0.0537 e. The van der Waals surface area contributed by atoms with Crippen molar-refractivity contribution in [3.63, 3.8) is 0 Å². The molecule has 3 heteroatoms. The lowest BCUT2D eigenvalue weighted by molar-refractivity contribution is 0.347. The average molecular weight is 207 g/mol. The maximum absolute atomic E-state index is 4.21. The Morgan fingerprint density at radius 2 is 2.13 bits per heavy atom. The van der Waals surface area contributed by atoms with E-state index in [9.17, 15) is 0 Å². The lowest BCUT2D eigenvalue weighted by Gasteiger charge is -2.26. The smallest absolute Gasteiger partial charge is 0.0537 e. The van der Waals surface area contributed by atoms with Gasteiger partial charge in [0.25, 0.3) is 0 Å². The standard InChI is InChI=1S/C12H21N3/c1-10(11-8-13-15(2)9-11)14-12-6-4-3-5-7-12/h8-10,12,14H,3-7H2,1-2H3/t10-/m0/s1. The van der Waals surface area contributed by atoms with E-state index < -0.39 is 0 Å². The number of aryl methyl sites for hydroxylation is 1. The summed E-state index contributed by atoms with van der Waals surface area (Å²) in [5, 5.41) is 7.90. The van der Waals surface area contributed by atoms with Crippen molar-refractivity contribution in [1.29, 1.82) is 0 Å². The fourth-order valence-corrected chi connectivity index (χ4v) is 2.38. The molecule has 0 aromatic carbocycles. The molecule has 0 radical (unpaired) electrons. The first-order valence-electron chi connectivity index (χ1n) is 6.00. The molecular weight excluding hydrogens is 186 g/mol. The molecule has 0 saturated heterocycles. The largest absolute Gasteiger partial charge is 0.307 e. The summed E-state index contributed by atoms with van der Waals surface area (Å²) in [7, 11) is 1.97. The van der Waals surface area contributed by atoms with Crippen molar-refractivity contribution in [3.05, 3.63) is 18.0 Å². The van der Waals surface area contributed by atoms with Crippen LogP contribution in [0.4, 0.5) is 0 Å². The number of hydrogen-bond donors (Lipinski definition) is 1. The lowest BCUT2D eigenvalue weighted by atomic mass is 9.94. The number of rotatable bonds is 3. The minimum Gasteiger partial charge on any atom is -0.307 e. The normalized spacial score (nSPS) is 20.4. The van der Waals surface area contributed by atoms with Gasteiger partial charge in [-0.1, -0.05) is 19.3 Å². The van der Waals surface area contributed by atoms with Gasteiger partial charge in [-0.15, -0.1) is 0 Å². The summed E-state index contributed by atoms with van der Waals surface area (Å²) in [6.07, 6.45) is 10.9. The summed E-state index contributed by atoms with van der Waals surface area (Å²) in [6.45, 7) is 2.23. The fraction of sp³-hybridized carbons (Fsp3) is 0.750. The Kier molecular flexibility index (Phi) is 3.41. The second-order valence-electron chi connectivity index (χ2n) is 4.67. The zero-order valence-electron chi connectivity index (χ0n) is 9.74. The Hall–Kier alpha value is -0.830. The molecule has 0 aliphatic heterocycles. The molecule has 1 N–H and O–H groups in total. The molecule has 1 fully saturated rings. The predicted molar refractivity (Wildman–Crippen MR) is 61.6 cm³/mol. The third kappa shape index (κ3) is 2.81. The van der Waals surface area contributed by atoms with Gasteiger partial charge in [0.2, 0.25) is 0 Å². The van der Waals surface area contributed by atoms with Crippen LogP contribution >= 0.6 is 0 Å². The predicted octanol–water partition coefficient (Wildman–Crippen LogP) is 2.40. The molecule has 0 spiro atoms. The van der Waals surface area contributed by atoms with Gasteiger partial charge in [-0.25, -0.2) is 0 Å². The van der Waals surface area contributed by atoms with Crippen LogP contribution in [0.25, 0.3) is 0 Å². The minimum atomic E-state index is 0.432. The molecule has 84 valence electrons. The molecule has 1 aromatic rings. The zero-order valence-corrected chi connectivity index (χ0v) is 9.74. The zero-order chi connectivity index (χ0) is 10.7. The summed E-state index contributed by atoms with van der Waals surface area (Å²) in [4.78, 5) is 0. The highest BCUT2D eigenvalue weighted by Gasteiger charge is 2.16. The molecule has 15 heavy (non-hydrogen) atoms. The highest BCUT2D eigenvalue weighted by molar-refractivity contribution is 5.09. The summed E-state index contributed by atoms with van der Waals surface area (Å²) in [6, 6.07) is 1.15. The molecular formula is C12H21N3. The Balaban J connectivity index is 1.88. The molecule has 1 aliphatic rings. The van der Waals surface area contributed by atoms with Gasteiger partial charge in [0.05, 0.1) is 6.20 Å². The SMILES string of the molecule is C[C@H](NC1CCCCC1)c1cnn(C)c1. The molecule has 0 amide bonds. The van der Waals surface area contributed by atoms with E-state index in [2.05, 4.69) is 23.5 Å². The first kappa shape index (κ1) is 10.7. The van der Waals surface area contributed by atoms with Gasteiger partial charge in [-0.3, -0.25) is 4.68 Å². The van der Waals surface area contributed by atoms with E-state index in [1.807, 2.05) is 17.9 Å². The second kappa shape index (κ2) is 4.79. The van der Waals surface area contributed by atoms with Gasteiger partial charge in [0.15, 0.2) is 0 Å². The fourth-order valence-electron chi connectivity index (χ4n) is 2.38. The van der Waals surface area contributed by atoms with Crippen LogP contribution in [0.1, 0.15) is 50.6 Å². The van der Waals surface area contributed by atoms with E-state index in [0.717, 1.165) is 0 Å². The third-order valence-electron chi connectivity index (χ3n) is 3.32. The van der Waals surface area contributed by atoms with Gasteiger partial charge in [-0.2, -0.15) is 5.10 Å². The molecule has 0 unspecified atom stereocenters. The average Bonchev–Trinajstić information content (AvgIpc) is 2.66. The van der Waals surface area contributed by atoms with Gasteiger partial charge in [0, 0.05) is 30.9 Å². The van der Waals surface area contributed by atoms with E-state index >= 15 is 0 Å². The molecule has 3 nitrogen and oxygen atoms in total. The lowest BCUT2D eigenvalue weighted by Crippen LogP contribution is -2.33. The second-order valence-corrected chi connectivity index (χ2v) is 4.67. The van der Waals surface area contributed by atoms with Crippen LogP contribution in [0.2, 0.25) is 0 Å². The summed E-state index contributed by atoms with van der Waals surface area (Å²) in [5.74, 6) is 0. The number of nitrogens with one attached hydrogen (secondary N) is 1. The van der Waals surface area contributed by atoms with Crippen molar-refractivity contribution in [1.82, 2.24) is 15.1 Å². The Labute approximate surface area is 91.9 Å². The molecule has 1 heterocycles. The van der Waals surface area contributed by atoms with Crippen LogP contribution in [0, 0.1) is 0 Å². The summed E-state index contributed by atoms with van der Waals surface area (Å²) in [5.41, 5.74) is 1.29. The first-order valence-corrected chi connectivity index (χ1v) is 6.00. The van der Waals surface area contributed by atoms with Crippen LogP contribution in [-0.2, 0) is 7.05 Å². The van der Waals surface area contributed by atoms with Crippen molar-refractivity contribution in [2.75, 3.05) is 0 Å². The minimum absolute atomic E-state index is 0.432. The van der Waals surface area contributed by atoms with Crippen LogP contribution in [0.3, 0.4) is 0 Å².